The van der Waals surface area contributed by atoms with E-state index in [9.17, 15) is 4.79 Å². The second kappa shape index (κ2) is 7.97. The molecular weight excluding hydrogens is 382 g/mol. The quantitative estimate of drug-likeness (QED) is 0.541. The van der Waals surface area contributed by atoms with E-state index in [-0.39, 0.29) is 5.91 Å². The van der Waals surface area contributed by atoms with Crippen molar-refractivity contribution in [2.45, 2.75) is 27.3 Å². The van der Waals surface area contributed by atoms with Crippen LogP contribution in [0.15, 0.2) is 54.7 Å². The Morgan fingerprint density at radius 1 is 1.03 bits per heavy atom. The fourth-order valence-corrected chi connectivity index (χ4v) is 4.17. The summed E-state index contributed by atoms with van der Waals surface area (Å²) in [6, 6.07) is 15.6. The number of hydrogen-bond donors (Lipinski definition) is 1. The Kier molecular flexibility index (Phi) is 5.22. The first-order chi connectivity index (χ1) is 14.0. The molecule has 0 radical (unpaired) electrons. The van der Waals surface area contributed by atoms with Crippen LogP contribution in [0.3, 0.4) is 0 Å². The van der Waals surface area contributed by atoms with Gasteiger partial charge in [-0.05, 0) is 45.0 Å². The van der Waals surface area contributed by atoms with E-state index >= 15 is 0 Å². The summed E-state index contributed by atoms with van der Waals surface area (Å²) in [6.45, 7) is 6.25. The SMILES string of the molecule is Cc1nc(-c2ccccn2)sc1C(=O)NCc1c(C)nn(-c2ccccc2)c1C. The van der Waals surface area contributed by atoms with E-state index in [1.165, 1.54) is 11.3 Å². The summed E-state index contributed by atoms with van der Waals surface area (Å²) in [7, 11) is 0. The molecule has 0 saturated heterocycles. The van der Waals surface area contributed by atoms with Crippen LogP contribution in [0, 0.1) is 20.8 Å². The average Bonchev–Trinajstić information content (AvgIpc) is 3.27. The molecule has 4 rings (SSSR count). The zero-order valence-corrected chi connectivity index (χ0v) is 17.3. The van der Waals surface area contributed by atoms with Gasteiger partial charge in [0.25, 0.3) is 5.91 Å². The van der Waals surface area contributed by atoms with Gasteiger partial charge < -0.3 is 5.32 Å². The molecule has 3 aromatic heterocycles. The molecule has 6 nitrogen and oxygen atoms in total. The lowest BCUT2D eigenvalue weighted by Crippen LogP contribution is -2.23. The maximum absolute atomic E-state index is 12.8. The number of aromatic nitrogens is 4. The molecule has 1 aromatic carbocycles. The number of pyridine rings is 1. The maximum atomic E-state index is 12.8. The number of hydrogen-bond acceptors (Lipinski definition) is 5. The Balaban J connectivity index is 1.52. The van der Waals surface area contributed by atoms with Crippen LogP contribution in [0.25, 0.3) is 16.4 Å². The monoisotopic (exact) mass is 403 g/mol. The Morgan fingerprint density at radius 3 is 2.52 bits per heavy atom. The molecular formula is C22H21N5OS. The second-order valence-corrected chi connectivity index (χ2v) is 7.73. The lowest BCUT2D eigenvalue weighted by Gasteiger charge is -2.06. The summed E-state index contributed by atoms with van der Waals surface area (Å²) in [5.41, 5.74) is 5.43. The van der Waals surface area contributed by atoms with Crippen LogP contribution < -0.4 is 5.32 Å². The van der Waals surface area contributed by atoms with E-state index in [0.29, 0.717) is 17.1 Å². The molecule has 0 atom stereocenters. The van der Waals surface area contributed by atoms with E-state index in [2.05, 4.69) is 20.4 Å². The van der Waals surface area contributed by atoms with Gasteiger partial charge in [-0.3, -0.25) is 9.78 Å². The van der Waals surface area contributed by atoms with Crippen molar-refractivity contribution in [2.24, 2.45) is 0 Å². The van der Waals surface area contributed by atoms with Gasteiger partial charge in [-0.25, -0.2) is 9.67 Å². The van der Waals surface area contributed by atoms with E-state index in [4.69, 9.17) is 0 Å². The summed E-state index contributed by atoms with van der Waals surface area (Å²) >= 11 is 1.36. The normalized spacial score (nSPS) is 10.9. The van der Waals surface area contributed by atoms with Gasteiger partial charge in [0.2, 0.25) is 0 Å². The van der Waals surface area contributed by atoms with Crippen molar-refractivity contribution in [1.82, 2.24) is 25.1 Å². The third-order valence-corrected chi connectivity index (χ3v) is 5.93. The number of para-hydroxylation sites is 1. The molecule has 0 fully saturated rings. The minimum Gasteiger partial charge on any atom is -0.347 e. The van der Waals surface area contributed by atoms with Crippen LogP contribution in [0.5, 0.6) is 0 Å². The smallest absolute Gasteiger partial charge is 0.263 e. The molecule has 0 aliphatic heterocycles. The van der Waals surface area contributed by atoms with Crippen molar-refractivity contribution in [2.75, 3.05) is 0 Å². The highest BCUT2D eigenvalue weighted by atomic mass is 32.1. The van der Waals surface area contributed by atoms with Gasteiger partial charge in [0.15, 0.2) is 0 Å². The van der Waals surface area contributed by atoms with Crippen LogP contribution >= 0.6 is 11.3 Å². The van der Waals surface area contributed by atoms with Crippen LogP contribution in [-0.4, -0.2) is 25.7 Å². The van der Waals surface area contributed by atoms with Gasteiger partial charge in [-0.2, -0.15) is 5.10 Å². The van der Waals surface area contributed by atoms with Crippen molar-refractivity contribution in [3.05, 3.63) is 82.3 Å². The molecule has 0 saturated carbocycles. The van der Waals surface area contributed by atoms with Crippen LogP contribution in [0.1, 0.15) is 32.3 Å². The van der Waals surface area contributed by atoms with Crippen LogP contribution in [0.2, 0.25) is 0 Å². The minimum absolute atomic E-state index is 0.131. The molecule has 3 heterocycles. The summed E-state index contributed by atoms with van der Waals surface area (Å²) in [5, 5.41) is 8.41. The number of aryl methyl sites for hydroxylation is 2. The van der Waals surface area contributed by atoms with Crippen molar-refractivity contribution < 1.29 is 4.79 Å². The molecule has 29 heavy (non-hydrogen) atoms. The fourth-order valence-electron chi connectivity index (χ4n) is 3.21. The molecule has 0 spiro atoms. The first-order valence-corrected chi connectivity index (χ1v) is 10.1. The van der Waals surface area contributed by atoms with Crippen molar-refractivity contribution in [3.63, 3.8) is 0 Å². The average molecular weight is 404 g/mol. The predicted octanol–water partition coefficient (Wildman–Crippen LogP) is 4.25. The van der Waals surface area contributed by atoms with Crippen molar-refractivity contribution in [3.8, 4) is 16.4 Å². The number of rotatable bonds is 5. The minimum atomic E-state index is -0.131. The summed E-state index contributed by atoms with van der Waals surface area (Å²) < 4.78 is 1.91. The Bertz CT molecular complexity index is 1150. The van der Waals surface area contributed by atoms with E-state index in [0.717, 1.165) is 33.3 Å². The summed E-state index contributed by atoms with van der Waals surface area (Å²) in [4.78, 5) is 22.2. The van der Waals surface area contributed by atoms with Gasteiger partial charge >= 0.3 is 0 Å². The lowest BCUT2D eigenvalue weighted by atomic mass is 10.2. The topological polar surface area (TPSA) is 72.7 Å². The Labute approximate surface area is 173 Å². The Morgan fingerprint density at radius 2 is 1.79 bits per heavy atom. The van der Waals surface area contributed by atoms with Crippen LogP contribution in [0.4, 0.5) is 0 Å². The fraction of sp³-hybridized carbons (Fsp3) is 0.182. The summed E-state index contributed by atoms with van der Waals surface area (Å²) in [6.07, 6.45) is 1.72. The number of carbonyl (C=O) groups excluding carboxylic acids is 1. The lowest BCUT2D eigenvalue weighted by molar-refractivity contribution is 0.0954. The third-order valence-electron chi connectivity index (χ3n) is 4.75. The van der Waals surface area contributed by atoms with Gasteiger partial charge in [0.05, 0.1) is 22.8 Å². The highest BCUT2D eigenvalue weighted by Gasteiger charge is 2.18. The van der Waals surface area contributed by atoms with Gasteiger partial charge in [0.1, 0.15) is 9.88 Å². The molecule has 7 heteroatoms. The van der Waals surface area contributed by atoms with E-state index in [1.807, 2.05) is 74.0 Å². The number of benzene rings is 1. The first-order valence-electron chi connectivity index (χ1n) is 9.32. The van der Waals surface area contributed by atoms with E-state index in [1.54, 1.807) is 6.20 Å². The van der Waals surface area contributed by atoms with E-state index < -0.39 is 0 Å². The zero-order chi connectivity index (χ0) is 20.4. The van der Waals surface area contributed by atoms with Crippen molar-refractivity contribution >= 4 is 17.2 Å². The van der Waals surface area contributed by atoms with Gasteiger partial charge in [-0.15, -0.1) is 11.3 Å². The highest BCUT2D eigenvalue weighted by Crippen LogP contribution is 2.26. The third kappa shape index (κ3) is 3.82. The standard InChI is InChI=1S/C22H21N5OS/c1-14-18(16(3)27(26-14)17-9-5-4-6-10-17)13-24-21(28)20-15(2)25-22(29-20)19-11-7-8-12-23-19/h4-12H,13H2,1-3H3,(H,24,28). The molecule has 0 aliphatic rings. The highest BCUT2D eigenvalue weighted by molar-refractivity contribution is 7.17. The number of thiazole rings is 1. The maximum Gasteiger partial charge on any atom is 0.263 e. The van der Waals surface area contributed by atoms with Gasteiger partial charge in [-0.1, -0.05) is 24.3 Å². The van der Waals surface area contributed by atoms with Crippen molar-refractivity contribution in [1.29, 1.82) is 0 Å². The molecule has 4 aromatic rings. The Hall–Kier alpha value is -3.32. The largest absolute Gasteiger partial charge is 0.347 e. The predicted molar refractivity (Wildman–Crippen MR) is 114 cm³/mol. The molecule has 1 amide bonds. The second-order valence-electron chi connectivity index (χ2n) is 6.73. The summed E-state index contributed by atoms with van der Waals surface area (Å²) in [5.74, 6) is -0.131. The van der Waals surface area contributed by atoms with Gasteiger partial charge in [0, 0.05) is 24.0 Å². The zero-order valence-electron chi connectivity index (χ0n) is 16.5. The number of amides is 1. The number of carbonyl (C=O) groups is 1. The number of nitrogens with one attached hydrogen (secondary N) is 1. The van der Waals surface area contributed by atoms with Crippen LogP contribution in [-0.2, 0) is 6.54 Å². The molecule has 146 valence electrons. The molecule has 1 N–H and O–H groups in total. The number of nitrogens with zero attached hydrogens (tertiary/aromatic N) is 4. The molecule has 0 aliphatic carbocycles. The molecule has 0 unspecified atom stereocenters. The molecule has 0 bridgehead atoms. The first kappa shape index (κ1) is 19.0.